The fourth-order valence-corrected chi connectivity index (χ4v) is 2.18. The average Bonchev–Trinajstić information content (AvgIpc) is 2.48. The van der Waals surface area contributed by atoms with E-state index in [1.54, 1.807) is 7.11 Å². The maximum atomic E-state index is 5.89. The fraction of sp³-hybridized carbons (Fsp3) is 0.250. The summed E-state index contributed by atoms with van der Waals surface area (Å²) < 4.78 is 12.2. The number of methoxy groups -OCH3 is 1. The lowest BCUT2D eigenvalue weighted by molar-refractivity contribution is 0.302. The summed E-state index contributed by atoms with van der Waals surface area (Å²) in [4.78, 5) is 0. The molecule has 0 fully saturated rings. The summed E-state index contributed by atoms with van der Waals surface area (Å²) in [5, 5.41) is 0. The highest BCUT2D eigenvalue weighted by Crippen LogP contribution is 2.25. The van der Waals surface area contributed by atoms with E-state index in [1.165, 1.54) is 0 Å². The summed E-state index contributed by atoms with van der Waals surface area (Å²) in [6.07, 6.45) is 0.771. The Kier molecular flexibility index (Phi) is 5.44. The molecule has 0 aliphatic carbocycles. The number of ether oxygens (including phenoxy) is 2. The lowest BCUT2D eigenvalue weighted by Crippen LogP contribution is -2.06. The highest BCUT2D eigenvalue weighted by atomic mass is 79.9. The van der Waals surface area contributed by atoms with E-state index < -0.39 is 0 Å². The first-order valence-electron chi connectivity index (χ1n) is 6.47. The first-order chi connectivity index (χ1) is 9.72. The molecule has 0 aromatic heterocycles. The van der Waals surface area contributed by atoms with Gasteiger partial charge in [-0.3, -0.25) is 0 Å². The zero-order valence-electron chi connectivity index (χ0n) is 11.4. The molecule has 0 bridgehead atoms. The minimum absolute atomic E-state index is 0.539. The largest absolute Gasteiger partial charge is 0.497 e. The first kappa shape index (κ1) is 14.9. The molecule has 0 atom stereocenters. The molecule has 3 nitrogen and oxygen atoms in total. The van der Waals surface area contributed by atoms with Crippen molar-refractivity contribution in [3.63, 3.8) is 0 Å². The van der Waals surface area contributed by atoms with Crippen LogP contribution in [0.1, 0.15) is 11.1 Å². The molecule has 0 spiro atoms. The summed E-state index contributed by atoms with van der Waals surface area (Å²) in [6, 6.07) is 13.9. The summed E-state index contributed by atoms with van der Waals surface area (Å²) in [6.45, 7) is 1.12. The van der Waals surface area contributed by atoms with Gasteiger partial charge in [0, 0.05) is 4.47 Å². The molecule has 2 N–H and O–H groups in total. The van der Waals surface area contributed by atoms with Crippen LogP contribution in [0.4, 0.5) is 0 Å². The van der Waals surface area contributed by atoms with Crippen LogP contribution in [0.2, 0.25) is 0 Å². The van der Waals surface area contributed by atoms with Crippen molar-refractivity contribution in [3.05, 3.63) is 58.1 Å². The second kappa shape index (κ2) is 7.31. The Balaban J connectivity index is 2.09. The van der Waals surface area contributed by atoms with Crippen molar-refractivity contribution in [1.29, 1.82) is 0 Å². The molecule has 0 saturated carbocycles. The molecule has 2 aromatic carbocycles. The Morgan fingerprint density at radius 2 is 1.85 bits per heavy atom. The molecule has 0 saturated heterocycles. The van der Waals surface area contributed by atoms with Gasteiger partial charge < -0.3 is 15.2 Å². The van der Waals surface area contributed by atoms with Gasteiger partial charge in [-0.15, -0.1) is 0 Å². The van der Waals surface area contributed by atoms with E-state index >= 15 is 0 Å². The molecular formula is C16H18BrNO2. The van der Waals surface area contributed by atoms with Crippen molar-refractivity contribution in [1.82, 2.24) is 0 Å². The molecule has 0 amide bonds. The van der Waals surface area contributed by atoms with Gasteiger partial charge in [0.05, 0.1) is 7.11 Å². The van der Waals surface area contributed by atoms with Gasteiger partial charge in [0.25, 0.3) is 0 Å². The van der Waals surface area contributed by atoms with E-state index in [2.05, 4.69) is 15.9 Å². The molecular weight excluding hydrogens is 318 g/mol. The number of benzene rings is 2. The van der Waals surface area contributed by atoms with E-state index in [1.807, 2.05) is 42.5 Å². The highest BCUT2D eigenvalue weighted by Gasteiger charge is 2.06. The predicted octanol–water partition coefficient (Wildman–Crippen LogP) is 3.54. The Morgan fingerprint density at radius 3 is 2.50 bits per heavy atom. The van der Waals surface area contributed by atoms with E-state index in [0.717, 1.165) is 33.5 Å². The highest BCUT2D eigenvalue weighted by molar-refractivity contribution is 9.10. The van der Waals surface area contributed by atoms with Crippen LogP contribution in [0.3, 0.4) is 0 Å². The van der Waals surface area contributed by atoms with Crippen molar-refractivity contribution in [2.24, 2.45) is 5.73 Å². The molecule has 20 heavy (non-hydrogen) atoms. The van der Waals surface area contributed by atoms with Gasteiger partial charge in [-0.05, 0) is 54.4 Å². The van der Waals surface area contributed by atoms with Crippen LogP contribution in [-0.4, -0.2) is 13.7 Å². The Labute approximate surface area is 127 Å². The molecule has 2 rings (SSSR count). The van der Waals surface area contributed by atoms with Crippen molar-refractivity contribution in [3.8, 4) is 11.5 Å². The van der Waals surface area contributed by atoms with Gasteiger partial charge in [-0.1, -0.05) is 28.1 Å². The Morgan fingerprint density at radius 1 is 1.10 bits per heavy atom. The predicted molar refractivity (Wildman–Crippen MR) is 84.2 cm³/mol. The van der Waals surface area contributed by atoms with Gasteiger partial charge in [0.1, 0.15) is 18.1 Å². The van der Waals surface area contributed by atoms with Crippen LogP contribution in [0.25, 0.3) is 0 Å². The summed E-state index contributed by atoms with van der Waals surface area (Å²) >= 11 is 3.42. The third-order valence-corrected chi connectivity index (χ3v) is 3.52. The van der Waals surface area contributed by atoms with Gasteiger partial charge in [0.15, 0.2) is 0 Å². The Bertz CT molecular complexity index is 555. The van der Waals surface area contributed by atoms with Crippen LogP contribution in [0, 0.1) is 0 Å². The summed E-state index contributed by atoms with van der Waals surface area (Å²) in [5.41, 5.74) is 7.84. The monoisotopic (exact) mass is 335 g/mol. The normalized spacial score (nSPS) is 10.3. The zero-order chi connectivity index (χ0) is 14.4. The van der Waals surface area contributed by atoms with Crippen LogP contribution in [-0.2, 0) is 13.0 Å². The summed E-state index contributed by atoms with van der Waals surface area (Å²) in [7, 11) is 1.66. The standard InChI is InChI=1S/C16H18BrNO2/c1-19-15-6-7-16(13(10-15)8-9-18)20-11-12-2-4-14(17)5-3-12/h2-7,10H,8-9,11,18H2,1H3. The van der Waals surface area contributed by atoms with E-state index in [0.29, 0.717) is 13.2 Å². The van der Waals surface area contributed by atoms with E-state index in [-0.39, 0.29) is 0 Å². The molecule has 0 heterocycles. The van der Waals surface area contributed by atoms with Gasteiger partial charge in [-0.2, -0.15) is 0 Å². The van der Waals surface area contributed by atoms with Gasteiger partial charge in [-0.25, -0.2) is 0 Å². The molecule has 0 radical (unpaired) electrons. The molecule has 106 valence electrons. The smallest absolute Gasteiger partial charge is 0.123 e. The SMILES string of the molecule is COc1ccc(OCc2ccc(Br)cc2)c(CCN)c1. The number of hydrogen-bond acceptors (Lipinski definition) is 3. The maximum absolute atomic E-state index is 5.89. The van der Waals surface area contributed by atoms with Crippen LogP contribution in [0.15, 0.2) is 46.9 Å². The molecule has 0 aliphatic heterocycles. The number of nitrogens with two attached hydrogens (primary N) is 1. The van der Waals surface area contributed by atoms with E-state index in [4.69, 9.17) is 15.2 Å². The maximum Gasteiger partial charge on any atom is 0.123 e. The molecule has 0 unspecified atom stereocenters. The topological polar surface area (TPSA) is 44.5 Å². The Hall–Kier alpha value is -1.52. The number of halogens is 1. The van der Waals surface area contributed by atoms with Crippen molar-refractivity contribution < 1.29 is 9.47 Å². The molecule has 2 aromatic rings. The number of hydrogen-bond donors (Lipinski definition) is 1. The minimum Gasteiger partial charge on any atom is -0.497 e. The summed E-state index contributed by atoms with van der Waals surface area (Å²) in [5.74, 6) is 1.68. The third kappa shape index (κ3) is 3.99. The van der Waals surface area contributed by atoms with Gasteiger partial charge in [0.2, 0.25) is 0 Å². The second-order valence-electron chi connectivity index (χ2n) is 4.43. The lowest BCUT2D eigenvalue weighted by atomic mass is 10.1. The third-order valence-electron chi connectivity index (χ3n) is 2.99. The van der Waals surface area contributed by atoms with E-state index in [9.17, 15) is 0 Å². The van der Waals surface area contributed by atoms with Crippen molar-refractivity contribution >= 4 is 15.9 Å². The van der Waals surface area contributed by atoms with Gasteiger partial charge >= 0.3 is 0 Å². The zero-order valence-corrected chi connectivity index (χ0v) is 13.0. The first-order valence-corrected chi connectivity index (χ1v) is 7.26. The number of rotatable bonds is 6. The van der Waals surface area contributed by atoms with Crippen LogP contribution >= 0.6 is 15.9 Å². The van der Waals surface area contributed by atoms with Crippen molar-refractivity contribution in [2.75, 3.05) is 13.7 Å². The fourth-order valence-electron chi connectivity index (χ4n) is 1.92. The van der Waals surface area contributed by atoms with Crippen LogP contribution < -0.4 is 15.2 Å². The minimum atomic E-state index is 0.539. The van der Waals surface area contributed by atoms with Crippen LogP contribution in [0.5, 0.6) is 11.5 Å². The van der Waals surface area contributed by atoms with Crippen molar-refractivity contribution in [2.45, 2.75) is 13.0 Å². The molecule has 4 heteroatoms. The quantitative estimate of drug-likeness (QED) is 0.878. The lowest BCUT2D eigenvalue weighted by Gasteiger charge is -2.12. The average molecular weight is 336 g/mol. The second-order valence-corrected chi connectivity index (χ2v) is 5.34. The molecule has 0 aliphatic rings.